The summed E-state index contributed by atoms with van der Waals surface area (Å²) in [5, 5.41) is 7.65. The number of rotatable bonds is 6. The summed E-state index contributed by atoms with van der Waals surface area (Å²) in [5.41, 5.74) is 5.08. The standard InChI is InChI=1S/C27H26FN5O3/c1-15-11-16(2)30-27(29-15)33-26-25(17(3)32-33)21(13-24(34)31-26)19-7-10-22(23(12-19)35-4)36-14-18-5-8-20(28)9-6-18/h5-12,21H,13-14H2,1-4H3,(H,31,34)/t21-/m0/s1. The molecule has 9 heteroatoms. The SMILES string of the molecule is COc1cc([C@@H]2CC(=O)Nc3c2c(C)nn3-c2nc(C)cc(C)n2)ccc1OCc1ccc(F)cc1. The molecule has 1 N–H and O–H groups in total. The van der Waals surface area contributed by atoms with Gasteiger partial charge in [0.2, 0.25) is 5.91 Å². The predicted molar refractivity (Wildman–Crippen MR) is 132 cm³/mol. The van der Waals surface area contributed by atoms with E-state index < -0.39 is 0 Å². The number of fused-ring (bicyclic) bond motifs is 1. The number of methoxy groups -OCH3 is 1. The van der Waals surface area contributed by atoms with Crippen molar-refractivity contribution in [1.82, 2.24) is 19.7 Å². The van der Waals surface area contributed by atoms with Crippen molar-refractivity contribution < 1.29 is 18.7 Å². The largest absolute Gasteiger partial charge is 0.493 e. The molecule has 4 aromatic rings. The Morgan fingerprint density at radius 1 is 1.03 bits per heavy atom. The Morgan fingerprint density at radius 3 is 2.44 bits per heavy atom. The number of carbonyl (C=O) groups excluding carboxylic acids is 1. The fraction of sp³-hybridized carbons (Fsp3) is 0.259. The minimum atomic E-state index is -0.292. The van der Waals surface area contributed by atoms with Gasteiger partial charge in [-0.1, -0.05) is 18.2 Å². The van der Waals surface area contributed by atoms with Gasteiger partial charge in [-0.05, 0) is 62.2 Å². The van der Waals surface area contributed by atoms with Crippen LogP contribution in [0.2, 0.25) is 0 Å². The Morgan fingerprint density at radius 2 is 1.75 bits per heavy atom. The third-order valence-corrected chi connectivity index (χ3v) is 6.16. The summed E-state index contributed by atoms with van der Waals surface area (Å²) >= 11 is 0. The number of amides is 1. The molecule has 1 aliphatic rings. The molecule has 0 saturated carbocycles. The van der Waals surface area contributed by atoms with E-state index in [1.165, 1.54) is 12.1 Å². The number of anilines is 1. The number of nitrogens with one attached hydrogen (secondary N) is 1. The second-order valence-corrected chi connectivity index (χ2v) is 8.84. The highest BCUT2D eigenvalue weighted by Gasteiger charge is 2.33. The van der Waals surface area contributed by atoms with Crippen LogP contribution < -0.4 is 14.8 Å². The monoisotopic (exact) mass is 487 g/mol. The number of hydrogen-bond donors (Lipinski definition) is 1. The fourth-order valence-electron chi connectivity index (χ4n) is 4.54. The average molecular weight is 488 g/mol. The van der Waals surface area contributed by atoms with Gasteiger partial charge in [-0.25, -0.2) is 14.4 Å². The molecule has 184 valence electrons. The number of nitrogens with zero attached hydrogens (tertiary/aromatic N) is 4. The van der Waals surface area contributed by atoms with E-state index in [2.05, 4.69) is 20.4 Å². The van der Waals surface area contributed by atoms with Crippen LogP contribution in [-0.2, 0) is 11.4 Å². The predicted octanol–water partition coefficient (Wildman–Crippen LogP) is 4.79. The van der Waals surface area contributed by atoms with Crippen LogP contribution in [0, 0.1) is 26.6 Å². The fourth-order valence-corrected chi connectivity index (χ4v) is 4.54. The van der Waals surface area contributed by atoms with Crippen LogP contribution >= 0.6 is 0 Å². The smallest absolute Gasteiger partial charge is 0.252 e. The van der Waals surface area contributed by atoms with Gasteiger partial charge in [0.15, 0.2) is 11.5 Å². The van der Waals surface area contributed by atoms with Crippen LogP contribution in [-0.4, -0.2) is 32.8 Å². The van der Waals surface area contributed by atoms with Crippen LogP contribution in [0.5, 0.6) is 11.5 Å². The maximum atomic E-state index is 13.2. The van der Waals surface area contributed by atoms with E-state index in [-0.39, 0.29) is 30.7 Å². The van der Waals surface area contributed by atoms with Crippen LogP contribution in [0.3, 0.4) is 0 Å². The molecule has 0 aliphatic carbocycles. The Labute approximate surface area is 208 Å². The topological polar surface area (TPSA) is 91.2 Å². The number of aryl methyl sites for hydroxylation is 3. The highest BCUT2D eigenvalue weighted by Crippen LogP contribution is 2.42. The minimum Gasteiger partial charge on any atom is -0.493 e. The van der Waals surface area contributed by atoms with Gasteiger partial charge in [-0.3, -0.25) is 4.79 Å². The van der Waals surface area contributed by atoms with E-state index in [1.807, 2.05) is 45.0 Å². The van der Waals surface area contributed by atoms with Crippen molar-refractivity contribution in [3.05, 3.63) is 88.1 Å². The first-order chi connectivity index (χ1) is 17.3. The van der Waals surface area contributed by atoms with Crippen molar-refractivity contribution in [1.29, 1.82) is 0 Å². The molecule has 0 saturated heterocycles. The Balaban J connectivity index is 1.48. The van der Waals surface area contributed by atoms with Gasteiger partial charge in [0.05, 0.1) is 12.8 Å². The first kappa shape index (κ1) is 23.5. The number of halogens is 1. The molecule has 2 aromatic heterocycles. The lowest BCUT2D eigenvalue weighted by molar-refractivity contribution is -0.116. The van der Waals surface area contributed by atoms with E-state index in [9.17, 15) is 9.18 Å². The van der Waals surface area contributed by atoms with Crippen molar-refractivity contribution in [3.63, 3.8) is 0 Å². The maximum absolute atomic E-state index is 13.2. The van der Waals surface area contributed by atoms with Crippen molar-refractivity contribution in [2.75, 3.05) is 12.4 Å². The summed E-state index contributed by atoms with van der Waals surface area (Å²) in [5.74, 6) is 1.46. The van der Waals surface area contributed by atoms with E-state index in [4.69, 9.17) is 9.47 Å². The summed E-state index contributed by atoms with van der Waals surface area (Å²) in [7, 11) is 1.57. The van der Waals surface area contributed by atoms with E-state index >= 15 is 0 Å². The second-order valence-electron chi connectivity index (χ2n) is 8.84. The molecular weight excluding hydrogens is 461 g/mol. The molecule has 0 radical (unpaired) electrons. The van der Waals surface area contributed by atoms with Crippen molar-refractivity contribution >= 4 is 11.7 Å². The average Bonchev–Trinajstić information content (AvgIpc) is 3.18. The molecule has 1 atom stereocenters. The summed E-state index contributed by atoms with van der Waals surface area (Å²) < 4.78 is 26.3. The molecule has 1 amide bonds. The number of carbonyl (C=O) groups is 1. The van der Waals surface area contributed by atoms with Crippen molar-refractivity contribution in [3.8, 4) is 17.4 Å². The van der Waals surface area contributed by atoms with Crippen molar-refractivity contribution in [2.45, 2.75) is 39.7 Å². The maximum Gasteiger partial charge on any atom is 0.252 e. The zero-order valence-corrected chi connectivity index (χ0v) is 20.5. The third kappa shape index (κ3) is 4.51. The summed E-state index contributed by atoms with van der Waals surface area (Å²) in [4.78, 5) is 21.8. The Kier molecular flexibility index (Phi) is 6.13. The zero-order chi connectivity index (χ0) is 25.4. The van der Waals surface area contributed by atoms with E-state index in [0.29, 0.717) is 23.3 Å². The lowest BCUT2D eigenvalue weighted by Gasteiger charge is -2.25. The third-order valence-electron chi connectivity index (χ3n) is 6.16. The van der Waals surface area contributed by atoms with Crippen LogP contribution in [0.25, 0.3) is 5.95 Å². The van der Waals surface area contributed by atoms with Crippen LogP contribution in [0.1, 0.15) is 46.1 Å². The molecule has 1 aliphatic heterocycles. The number of benzene rings is 2. The summed E-state index contributed by atoms with van der Waals surface area (Å²) in [6, 6.07) is 13.7. The van der Waals surface area contributed by atoms with Gasteiger partial charge in [0.1, 0.15) is 18.2 Å². The lowest BCUT2D eigenvalue weighted by atomic mass is 9.85. The molecule has 2 aromatic carbocycles. The van der Waals surface area contributed by atoms with Gasteiger partial charge in [-0.15, -0.1) is 0 Å². The number of ether oxygens (including phenoxy) is 2. The molecule has 0 spiro atoms. The summed E-state index contributed by atoms with van der Waals surface area (Å²) in [6.45, 7) is 5.98. The highest BCUT2D eigenvalue weighted by molar-refractivity contribution is 5.95. The molecule has 5 rings (SSSR count). The highest BCUT2D eigenvalue weighted by atomic mass is 19.1. The molecule has 0 fully saturated rings. The van der Waals surface area contributed by atoms with Gasteiger partial charge >= 0.3 is 0 Å². The van der Waals surface area contributed by atoms with Gasteiger partial charge in [-0.2, -0.15) is 9.78 Å². The van der Waals surface area contributed by atoms with Crippen LogP contribution in [0.4, 0.5) is 10.2 Å². The van der Waals surface area contributed by atoms with Gasteiger partial charge in [0, 0.05) is 29.3 Å². The Bertz CT molecular complexity index is 1430. The van der Waals surface area contributed by atoms with Gasteiger partial charge < -0.3 is 14.8 Å². The first-order valence-corrected chi connectivity index (χ1v) is 11.6. The molecule has 3 heterocycles. The molecule has 0 bridgehead atoms. The zero-order valence-electron chi connectivity index (χ0n) is 20.5. The minimum absolute atomic E-state index is 0.117. The molecule has 0 unspecified atom stereocenters. The van der Waals surface area contributed by atoms with Gasteiger partial charge in [0.25, 0.3) is 5.95 Å². The van der Waals surface area contributed by atoms with Crippen LogP contribution in [0.15, 0.2) is 48.5 Å². The summed E-state index contributed by atoms with van der Waals surface area (Å²) in [6.07, 6.45) is 0.270. The normalized spacial score (nSPS) is 14.8. The second kappa shape index (κ2) is 9.41. The quantitative estimate of drug-likeness (QED) is 0.421. The number of aromatic nitrogens is 4. The molecular formula is C27H26FN5O3. The Hall–Kier alpha value is -4.27. The van der Waals surface area contributed by atoms with E-state index in [0.717, 1.165) is 33.8 Å². The molecule has 8 nitrogen and oxygen atoms in total. The lowest BCUT2D eigenvalue weighted by Crippen LogP contribution is -2.25. The molecule has 36 heavy (non-hydrogen) atoms. The first-order valence-electron chi connectivity index (χ1n) is 11.6. The van der Waals surface area contributed by atoms with E-state index in [1.54, 1.807) is 23.9 Å². The van der Waals surface area contributed by atoms with Crippen molar-refractivity contribution in [2.24, 2.45) is 0 Å². The number of hydrogen-bond acceptors (Lipinski definition) is 6.